The zero-order chi connectivity index (χ0) is 17.1. The largest absolute Gasteiger partial charge is 0.497 e. The van der Waals surface area contributed by atoms with E-state index in [-0.39, 0.29) is 11.7 Å². The highest BCUT2D eigenvalue weighted by molar-refractivity contribution is 6.01. The molecular formula is C19H19NO4. The van der Waals surface area contributed by atoms with E-state index in [1.54, 1.807) is 33.3 Å². The highest BCUT2D eigenvalue weighted by Gasteiger charge is 2.24. The molecule has 1 heterocycles. The molecule has 1 amide bonds. The number of hydrogen-bond acceptors (Lipinski definition) is 4. The first-order valence-electron chi connectivity index (χ1n) is 7.59. The Labute approximate surface area is 140 Å². The number of rotatable bonds is 5. The van der Waals surface area contributed by atoms with Crippen molar-refractivity contribution < 1.29 is 18.7 Å². The third kappa shape index (κ3) is 3.06. The molecule has 0 aliphatic rings. The molecule has 1 aromatic heterocycles. The molecule has 0 N–H and O–H groups in total. The van der Waals surface area contributed by atoms with Gasteiger partial charge in [-0.2, -0.15) is 0 Å². The lowest BCUT2D eigenvalue weighted by Crippen LogP contribution is -2.21. The van der Waals surface area contributed by atoms with E-state index < -0.39 is 0 Å². The smallest absolute Gasteiger partial charge is 0.293 e. The van der Waals surface area contributed by atoms with Gasteiger partial charge in [0.1, 0.15) is 17.9 Å². The first-order chi connectivity index (χ1) is 11.6. The second-order valence-electron chi connectivity index (χ2n) is 5.60. The van der Waals surface area contributed by atoms with Gasteiger partial charge in [-0.05, 0) is 23.8 Å². The van der Waals surface area contributed by atoms with Gasteiger partial charge in [0.15, 0.2) is 5.75 Å². The van der Waals surface area contributed by atoms with Crippen LogP contribution in [-0.2, 0) is 6.61 Å². The van der Waals surface area contributed by atoms with Crippen LogP contribution in [0.25, 0.3) is 11.0 Å². The summed E-state index contributed by atoms with van der Waals surface area (Å²) in [4.78, 5) is 13.9. The molecule has 3 aromatic rings. The molecule has 3 rings (SSSR count). The molecule has 0 bridgehead atoms. The zero-order valence-corrected chi connectivity index (χ0v) is 13.9. The van der Waals surface area contributed by atoms with Crippen LogP contribution in [0.4, 0.5) is 0 Å². The zero-order valence-electron chi connectivity index (χ0n) is 13.9. The predicted molar refractivity (Wildman–Crippen MR) is 91.6 cm³/mol. The van der Waals surface area contributed by atoms with E-state index in [1.165, 1.54) is 4.90 Å². The lowest BCUT2D eigenvalue weighted by molar-refractivity contribution is 0.0792. The lowest BCUT2D eigenvalue weighted by atomic mass is 10.2. The average molecular weight is 325 g/mol. The molecule has 5 heteroatoms. The van der Waals surface area contributed by atoms with E-state index in [0.717, 1.165) is 10.9 Å². The predicted octanol–water partition coefficient (Wildman–Crippen LogP) is 3.72. The van der Waals surface area contributed by atoms with Crippen LogP contribution in [0.15, 0.2) is 52.9 Å². The summed E-state index contributed by atoms with van der Waals surface area (Å²) in [5.41, 5.74) is 1.60. The number of fused-ring (bicyclic) bond motifs is 1. The normalized spacial score (nSPS) is 10.6. The quantitative estimate of drug-likeness (QED) is 0.717. The summed E-state index contributed by atoms with van der Waals surface area (Å²) >= 11 is 0. The Kier molecular flexibility index (Phi) is 4.42. The first-order valence-corrected chi connectivity index (χ1v) is 7.59. The molecule has 124 valence electrons. The van der Waals surface area contributed by atoms with E-state index in [4.69, 9.17) is 13.9 Å². The van der Waals surface area contributed by atoms with E-state index >= 15 is 0 Å². The van der Waals surface area contributed by atoms with Gasteiger partial charge in [0.2, 0.25) is 5.76 Å². The molecule has 0 saturated carbocycles. The topological polar surface area (TPSA) is 51.9 Å². The van der Waals surface area contributed by atoms with Crippen LogP contribution in [0.5, 0.6) is 11.5 Å². The minimum Gasteiger partial charge on any atom is -0.497 e. The number of methoxy groups -OCH3 is 1. The van der Waals surface area contributed by atoms with Crippen LogP contribution in [0.2, 0.25) is 0 Å². The third-order valence-electron chi connectivity index (χ3n) is 3.68. The molecule has 0 aliphatic heterocycles. The van der Waals surface area contributed by atoms with Crippen LogP contribution in [-0.4, -0.2) is 32.0 Å². The Hall–Kier alpha value is -2.95. The monoisotopic (exact) mass is 325 g/mol. The van der Waals surface area contributed by atoms with Gasteiger partial charge in [-0.1, -0.05) is 30.3 Å². The first kappa shape index (κ1) is 15.9. The number of benzene rings is 2. The Bertz CT molecular complexity index is 852. The number of furan rings is 1. The Morgan fingerprint density at radius 3 is 2.54 bits per heavy atom. The van der Waals surface area contributed by atoms with Gasteiger partial charge in [-0.15, -0.1) is 0 Å². The second kappa shape index (κ2) is 6.66. The number of amides is 1. The summed E-state index contributed by atoms with van der Waals surface area (Å²) in [5, 5.41) is 0.718. The Balaban J connectivity index is 2.03. The molecule has 24 heavy (non-hydrogen) atoms. The van der Waals surface area contributed by atoms with Gasteiger partial charge < -0.3 is 18.8 Å². The minimum atomic E-state index is -0.242. The fourth-order valence-electron chi connectivity index (χ4n) is 2.40. The molecule has 5 nitrogen and oxygen atoms in total. The van der Waals surface area contributed by atoms with E-state index in [0.29, 0.717) is 23.7 Å². The summed E-state index contributed by atoms with van der Waals surface area (Å²) < 4.78 is 17.0. The summed E-state index contributed by atoms with van der Waals surface area (Å²) in [5.74, 6) is 1.07. The van der Waals surface area contributed by atoms with Crippen LogP contribution in [0.3, 0.4) is 0 Å². The summed E-state index contributed by atoms with van der Waals surface area (Å²) in [6.45, 7) is 0.348. The van der Waals surface area contributed by atoms with Gasteiger partial charge in [0.25, 0.3) is 5.91 Å². The summed E-state index contributed by atoms with van der Waals surface area (Å²) in [6, 6.07) is 15.1. The molecule has 0 unspecified atom stereocenters. The van der Waals surface area contributed by atoms with Crippen molar-refractivity contribution in [1.29, 1.82) is 0 Å². The van der Waals surface area contributed by atoms with Crippen molar-refractivity contribution in [3.05, 3.63) is 59.9 Å². The third-order valence-corrected chi connectivity index (χ3v) is 3.68. The number of nitrogens with zero attached hydrogens (tertiary/aromatic N) is 1. The second-order valence-corrected chi connectivity index (χ2v) is 5.60. The fourth-order valence-corrected chi connectivity index (χ4v) is 2.40. The van der Waals surface area contributed by atoms with Gasteiger partial charge in [0.05, 0.1) is 12.5 Å². The Morgan fingerprint density at radius 2 is 1.88 bits per heavy atom. The average Bonchev–Trinajstić information content (AvgIpc) is 2.97. The van der Waals surface area contributed by atoms with Crippen molar-refractivity contribution in [1.82, 2.24) is 4.90 Å². The molecule has 0 fully saturated rings. The summed E-state index contributed by atoms with van der Waals surface area (Å²) in [7, 11) is 4.95. The molecular weight excluding hydrogens is 306 g/mol. The molecule has 0 spiro atoms. The van der Waals surface area contributed by atoms with Gasteiger partial charge in [-0.25, -0.2) is 0 Å². The van der Waals surface area contributed by atoms with E-state index in [2.05, 4.69) is 0 Å². The maximum absolute atomic E-state index is 12.4. The van der Waals surface area contributed by atoms with Crippen molar-refractivity contribution in [3.8, 4) is 11.5 Å². The Morgan fingerprint density at radius 1 is 1.12 bits per heavy atom. The van der Waals surface area contributed by atoms with Crippen LogP contribution >= 0.6 is 0 Å². The van der Waals surface area contributed by atoms with Crippen LogP contribution < -0.4 is 9.47 Å². The van der Waals surface area contributed by atoms with Crippen molar-refractivity contribution in [2.45, 2.75) is 6.61 Å². The minimum absolute atomic E-state index is 0.194. The molecule has 0 saturated heterocycles. The van der Waals surface area contributed by atoms with Crippen molar-refractivity contribution in [2.75, 3.05) is 21.2 Å². The molecule has 2 aromatic carbocycles. The lowest BCUT2D eigenvalue weighted by Gasteiger charge is -2.10. The van der Waals surface area contributed by atoms with E-state index in [1.807, 2.05) is 36.4 Å². The van der Waals surface area contributed by atoms with Crippen molar-refractivity contribution in [2.24, 2.45) is 0 Å². The molecule has 0 aliphatic carbocycles. The van der Waals surface area contributed by atoms with Crippen molar-refractivity contribution in [3.63, 3.8) is 0 Å². The van der Waals surface area contributed by atoms with Gasteiger partial charge >= 0.3 is 0 Å². The number of hydrogen-bond donors (Lipinski definition) is 0. The SMILES string of the molecule is COc1ccc2oc(C(=O)N(C)C)c(OCc3ccccc3)c2c1. The van der Waals surface area contributed by atoms with E-state index in [9.17, 15) is 4.79 Å². The van der Waals surface area contributed by atoms with Gasteiger partial charge in [0, 0.05) is 14.1 Å². The number of ether oxygens (including phenoxy) is 2. The maximum atomic E-state index is 12.4. The molecule has 0 atom stereocenters. The maximum Gasteiger partial charge on any atom is 0.293 e. The molecule has 0 radical (unpaired) electrons. The summed E-state index contributed by atoms with van der Waals surface area (Å²) in [6.07, 6.45) is 0. The fraction of sp³-hybridized carbons (Fsp3) is 0.211. The van der Waals surface area contributed by atoms with Gasteiger partial charge in [-0.3, -0.25) is 4.79 Å². The van der Waals surface area contributed by atoms with Crippen LogP contribution in [0, 0.1) is 0 Å². The number of carbonyl (C=O) groups is 1. The van der Waals surface area contributed by atoms with Crippen molar-refractivity contribution >= 4 is 16.9 Å². The highest BCUT2D eigenvalue weighted by atomic mass is 16.5. The van der Waals surface area contributed by atoms with Crippen LogP contribution in [0.1, 0.15) is 16.1 Å². The number of carbonyl (C=O) groups excluding carboxylic acids is 1. The standard InChI is InChI=1S/C19H19NO4/c1-20(2)19(21)18-17(23-12-13-7-5-4-6-8-13)15-11-14(22-3)9-10-16(15)24-18/h4-11H,12H2,1-3H3. The highest BCUT2D eigenvalue weighted by Crippen LogP contribution is 2.36.